The number of hydrogen-bond acceptors (Lipinski definition) is 13. The number of esters is 4. The van der Waals surface area contributed by atoms with E-state index >= 15 is 0 Å². The van der Waals surface area contributed by atoms with Crippen molar-refractivity contribution < 1.29 is 63.3 Å². The average Bonchev–Trinajstić information content (AvgIpc) is 2.50. The molecule has 0 unspecified atom stereocenters. The molecule has 0 amide bonds. The van der Waals surface area contributed by atoms with E-state index in [1.165, 1.54) is 0 Å². The minimum atomic E-state index is -4.20. The fourth-order valence-electron chi connectivity index (χ4n) is 1.80. The van der Waals surface area contributed by atoms with Crippen LogP contribution in [0.5, 0.6) is 0 Å². The number of rotatable bonds is 8. The average molecular weight is 382 g/mol. The molecule has 0 heterocycles. The fourth-order valence-corrected chi connectivity index (χ4v) is 1.80. The van der Waals surface area contributed by atoms with E-state index in [1.807, 2.05) is 0 Å². The molecule has 4 N–H and O–H groups in total. The molecular formula is C13H18O13. The van der Waals surface area contributed by atoms with Crippen LogP contribution < -0.4 is 0 Å². The zero-order chi connectivity index (χ0) is 20.9. The number of aliphatic hydroxyl groups excluding tert-OH is 1. The van der Waals surface area contributed by atoms with Crippen molar-refractivity contribution in [3.05, 3.63) is 0 Å². The Labute approximate surface area is 146 Å². The van der Waals surface area contributed by atoms with Crippen molar-refractivity contribution in [3.63, 3.8) is 0 Å². The summed E-state index contributed by atoms with van der Waals surface area (Å²) in [5.41, 5.74) is 0. The predicted molar refractivity (Wildman–Crippen MR) is 74.2 cm³/mol. The zero-order valence-corrected chi connectivity index (χ0v) is 14.1. The van der Waals surface area contributed by atoms with Gasteiger partial charge in [-0.25, -0.2) is 4.79 Å². The second-order valence-electron chi connectivity index (χ2n) is 4.86. The van der Waals surface area contributed by atoms with Crippen LogP contribution in [-0.4, -0.2) is 81.2 Å². The first-order chi connectivity index (χ1) is 11.7. The zero-order valence-electron chi connectivity index (χ0n) is 14.1. The Morgan fingerprint density at radius 1 is 0.885 bits per heavy atom. The maximum absolute atomic E-state index is 11.6. The lowest BCUT2D eigenvalue weighted by molar-refractivity contribution is -0.445. The van der Waals surface area contributed by atoms with Gasteiger partial charge in [-0.05, 0) is 0 Å². The van der Waals surface area contributed by atoms with Gasteiger partial charge in [0.25, 0.3) is 0 Å². The molecule has 0 aliphatic rings. The molecule has 0 aliphatic heterocycles. The number of aldehydes is 1. The summed E-state index contributed by atoms with van der Waals surface area (Å²) in [6, 6.07) is 0. The van der Waals surface area contributed by atoms with Crippen LogP contribution in [0.2, 0.25) is 0 Å². The van der Waals surface area contributed by atoms with Gasteiger partial charge in [-0.3, -0.25) is 19.2 Å². The number of methoxy groups -OCH3 is 1. The Hall–Kier alpha value is -2.61. The SMILES string of the molecule is COC(=O)[C@@H](O)[C@@](O)(OC(C)=O)[C@](O)(OC(C)=O)[C@](O)(C=O)OC(C)=O. The lowest BCUT2D eigenvalue weighted by atomic mass is 9.91. The van der Waals surface area contributed by atoms with Crippen LogP contribution in [0.15, 0.2) is 0 Å². The molecule has 13 heteroatoms. The third-order valence-electron chi connectivity index (χ3n) is 2.82. The second-order valence-corrected chi connectivity index (χ2v) is 4.86. The molecule has 13 nitrogen and oxygen atoms in total. The van der Waals surface area contributed by atoms with E-state index in [0.29, 0.717) is 27.9 Å². The van der Waals surface area contributed by atoms with Crippen LogP contribution in [0.25, 0.3) is 0 Å². The maximum Gasteiger partial charge on any atom is 0.354 e. The van der Waals surface area contributed by atoms with Crippen LogP contribution in [0.3, 0.4) is 0 Å². The molecule has 0 aromatic heterocycles. The van der Waals surface area contributed by atoms with Gasteiger partial charge >= 0.3 is 41.2 Å². The second kappa shape index (κ2) is 8.18. The molecule has 0 spiro atoms. The summed E-state index contributed by atoms with van der Waals surface area (Å²) >= 11 is 0. The molecule has 26 heavy (non-hydrogen) atoms. The molecule has 0 bridgehead atoms. The highest BCUT2D eigenvalue weighted by atomic mass is 16.8. The van der Waals surface area contributed by atoms with Crippen LogP contribution in [0.1, 0.15) is 20.8 Å². The third kappa shape index (κ3) is 4.32. The monoisotopic (exact) mass is 382 g/mol. The van der Waals surface area contributed by atoms with Crippen molar-refractivity contribution in [3.8, 4) is 0 Å². The van der Waals surface area contributed by atoms with Crippen LogP contribution in [0.4, 0.5) is 0 Å². The molecule has 0 fully saturated rings. The first kappa shape index (κ1) is 23.4. The Balaban J connectivity index is 6.77. The molecule has 0 rings (SSSR count). The summed E-state index contributed by atoms with van der Waals surface area (Å²) in [4.78, 5) is 56.5. The predicted octanol–water partition coefficient (Wildman–Crippen LogP) is -3.53. The molecule has 4 atom stereocenters. The fraction of sp³-hybridized carbons (Fsp3) is 0.615. The standard InChI is InChI=1S/C13H18O13/c1-6(15)24-11(20,5-14)13(22,26-8(3)17)12(21,25-7(2)16)9(18)10(19)23-4/h5,9,18,20-22H,1-4H3/t9-,11+,12-,13-/m1/s1. The van der Waals surface area contributed by atoms with Crippen molar-refractivity contribution in [2.45, 2.75) is 44.2 Å². The third-order valence-corrected chi connectivity index (χ3v) is 2.82. The summed E-state index contributed by atoms with van der Waals surface area (Å²) in [5.74, 6) is -18.4. The summed E-state index contributed by atoms with van der Waals surface area (Å²) < 4.78 is 16.7. The van der Waals surface area contributed by atoms with E-state index in [4.69, 9.17) is 0 Å². The molecular weight excluding hydrogens is 364 g/mol. The Morgan fingerprint density at radius 2 is 1.31 bits per heavy atom. The van der Waals surface area contributed by atoms with Crippen molar-refractivity contribution in [2.75, 3.05) is 7.11 Å². The lowest BCUT2D eigenvalue weighted by Gasteiger charge is -2.46. The van der Waals surface area contributed by atoms with E-state index in [0.717, 1.165) is 0 Å². The van der Waals surface area contributed by atoms with Crippen molar-refractivity contribution in [1.82, 2.24) is 0 Å². The minimum Gasteiger partial charge on any atom is -0.467 e. The van der Waals surface area contributed by atoms with Crippen molar-refractivity contribution in [2.24, 2.45) is 0 Å². The molecule has 0 saturated heterocycles. The molecule has 0 saturated carbocycles. The van der Waals surface area contributed by atoms with E-state index in [1.54, 1.807) is 0 Å². The van der Waals surface area contributed by atoms with Gasteiger partial charge in [-0.2, -0.15) is 0 Å². The summed E-state index contributed by atoms with van der Waals surface area (Å²) in [6.45, 7) is 1.86. The number of hydrogen-bond donors (Lipinski definition) is 4. The highest BCUT2D eigenvalue weighted by Crippen LogP contribution is 2.39. The van der Waals surface area contributed by atoms with Gasteiger partial charge in [-0.1, -0.05) is 0 Å². The molecule has 0 radical (unpaired) electrons. The summed E-state index contributed by atoms with van der Waals surface area (Å²) in [6.07, 6.45) is -3.75. The first-order valence-corrected chi connectivity index (χ1v) is 6.68. The van der Waals surface area contributed by atoms with E-state index in [-0.39, 0.29) is 0 Å². The Morgan fingerprint density at radius 3 is 1.62 bits per heavy atom. The van der Waals surface area contributed by atoms with Gasteiger partial charge in [0.15, 0.2) is 6.29 Å². The van der Waals surface area contributed by atoms with Crippen LogP contribution in [0, 0.1) is 0 Å². The van der Waals surface area contributed by atoms with E-state index in [9.17, 15) is 44.4 Å². The summed E-state index contributed by atoms with van der Waals surface area (Å²) in [5, 5.41) is 41.1. The highest BCUT2D eigenvalue weighted by molar-refractivity contribution is 5.79. The van der Waals surface area contributed by atoms with Crippen LogP contribution in [-0.2, 0) is 42.9 Å². The largest absolute Gasteiger partial charge is 0.467 e. The Bertz CT molecular complexity index is 601. The number of ether oxygens (including phenoxy) is 4. The van der Waals surface area contributed by atoms with Crippen molar-refractivity contribution >= 4 is 30.2 Å². The lowest BCUT2D eigenvalue weighted by Crippen LogP contribution is -2.77. The van der Waals surface area contributed by atoms with E-state index < -0.39 is 53.6 Å². The first-order valence-electron chi connectivity index (χ1n) is 6.68. The number of carbonyl (C=O) groups is 5. The molecule has 148 valence electrons. The molecule has 0 aliphatic carbocycles. The van der Waals surface area contributed by atoms with Crippen LogP contribution >= 0.6 is 0 Å². The Kier molecular flexibility index (Phi) is 7.36. The van der Waals surface area contributed by atoms with Gasteiger partial charge in [-0.15, -0.1) is 0 Å². The quantitative estimate of drug-likeness (QED) is 0.139. The smallest absolute Gasteiger partial charge is 0.354 e. The van der Waals surface area contributed by atoms with Gasteiger partial charge < -0.3 is 39.4 Å². The van der Waals surface area contributed by atoms with Crippen molar-refractivity contribution in [1.29, 1.82) is 0 Å². The topological polar surface area (TPSA) is 203 Å². The van der Waals surface area contributed by atoms with Gasteiger partial charge in [0.1, 0.15) is 0 Å². The molecule has 0 aromatic carbocycles. The molecule has 0 aromatic rings. The minimum absolute atomic E-state index is 0.600. The van der Waals surface area contributed by atoms with Gasteiger partial charge in [0, 0.05) is 20.8 Å². The van der Waals surface area contributed by atoms with E-state index in [2.05, 4.69) is 18.9 Å². The van der Waals surface area contributed by atoms with Gasteiger partial charge in [0.05, 0.1) is 7.11 Å². The van der Waals surface area contributed by atoms with Gasteiger partial charge in [0.2, 0.25) is 6.10 Å². The number of carbonyl (C=O) groups excluding carboxylic acids is 5. The summed E-state index contributed by atoms with van der Waals surface area (Å²) in [7, 11) is 0.711. The number of aliphatic hydroxyl groups is 4. The highest BCUT2D eigenvalue weighted by Gasteiger charge is 2.75. The maximum atomic E-state index is 11.6. The normalized spacial score (nSPS) is 18.8.